The van der Waals surface area contributed by atoms with E-state index in [0.717, 1.165) is 12.8 Å². The maximum absolute atomic E-state index is 3.52. The first kappa shape index (κ1) is 22.8. The summed E-state index contributed by atoms with van der Waals surface area (Å²) in [7, 11) is 0. The maximum Gasteiger partial charge on any atom is 2.00 e. The van der Waals surface area contributed by atoms with E-state index in [1.165, 1.54) is 33.4 Å². The number of rotatable bonds is 2. The number of hydrogen-bond acceptors (Lipinski definition) is 0. The summed E-state index contributed by atoms with van der Waals surface area (Å²) in [4.78, 5) is 0. The van der Waals surface area contributed by atoms with Crippen LogP contribution in [0.15, 0.2) is 33.4 Å². The van der Waals surface area contributed by atoms with Crippen LogP contribution in [0.2, 0.25) is 0 Å². The van der Waals surface area contributed by atoms with Gasteiger partial charge in [0.15, 0.2) is 0 Å². The van der Waals surface area contributed by atoms with Crippen molar-refractivity contribution in [3.8, 4) is 0 Å². The van der Waals surface area contributed by atoms with Gasteiger partial charge < -0.3 is 0 Å². The molecule has 0 saturated heterocycles. The quantitative estimate of drug-likeness (QED) is 0.446. The fourth-order valence-electron chi connectivity index (χ4n) is 3.30. The molecule has 0 aromatic heterocycles. The smallest absolute Gasteiger partial charge is 0.263 e. The number of hydrogen-bond donors (Lipinski definition) is 0. The van der Waals surface area contributed by atoms with Gasteiger partial charge in [-0.2, -0.15) is 22.3 Å². The maximum atomic E-state index is 3.52. The Morgan fingerprint density at radius 3 is 1.00 bits per heavy atom. The Kier molecular flexibility index (Phi) is 8.23. The third kappa shape index (κ3) is 4.47. The molecule has 2 aliphatic carbocycles. The first-order valence-corrected chi connectivity index (χ1v) is 8.62. The van der Waals surface area contributed by atoms with Crippen LogP contribution in [0.4, 0.5) is 0 Å². The van der Waals surface area contributed by atoms with Gasteiger partial charge in [-0.25, -0.2) is 11.1 Å². The van der Waals surface area contributed by atoms with E-state index in [1.54, 1.807) is 0 Å². The summed E-state index contributed by atoms with van der Waals surface area (Å²) in [5.41, 5.74) is 9.01. The molecule has 0 amide bonds. The fraction of sp³-hybridized carbons (Fsp3) is 0.636. The summed E-state index contributed by atoms with van der Waals surface area (Å²) < 4.78 is 0. The van der Waals surface area contributed by atoms with Crippen LogP contribution in [-0.2, 0) is 26.2 Å². The van der Waals surface area contributed by atoms with Crippen LogP contribution in [0.1, 0.15) is 82.1 Å². The molecular formula is C22H34Zr. The average Bonchev–Trinajstić information content (AvgIpc) is 2.81. The van der Waals surface area contributed by atoms with Gasteiger partial charge in [0, 0.05) is 0 Å². The third-order valence-corrected chi connectivity index (χ3v) is 6.25. The molecule has 0 radical (unpaired) electrons. The minimum Gasteiger partial charge on any atom is -0.263 e. The van der Waals surface area contributed by atoms with Crippen molar-refractivity contribution < 1.29 is 26.2 Å². The normalized spacial score (nSPS) is 29.8. The summed E-state index contributed by atoms with van der Waals surface area (Å²) in [5, 5.41) is 0. The SMILES string of the molecule is CCC1(C)[C-]=C(C)C(C)=C1C.CCC1(C)[C-]=C(C)C(C)=C1C.[Zr+2]. The van der Waals surface area contributed by atoms with E-state index in [4.69, 9.17) is 0 Å². The molecule has 0 heterocycles. The second kappa shape index (κ2) is 8.29. The van der Waals surface area contributed by atoms with Gasteiger partial charge in [0.25, 0.3) is 0 Å². The van der Waals surface area contributed by atoms with E-state index in [2.05, 4.69) is 81.4 Å². The molecule has 0 bridgehead atoms. The summed E-state index contributed by atoms with van der Waals surface area (Å²) in [6.07, 6.45) is 9.36. The van der Waals surface area contributed by atoms with E-state index < -0.39 is 0 Å². The molecule has 2 unspecified atom stereocenters. The predicted molar refractivity (Wildman–Crippen MR) is 98.4 cm³/mol. The standard InChI is InChI=1S/2C11H17.Zr/c2*1-6-11(5)7-8(2)9(3)10(11)4;/h2*6H2,1-5H3;/q2*-1;+2. The summed E-state index contributed by atoms with van der Waals surface area (Å²) in [6, 6.07) is 0. The van der Waals surface area contributed by atoms with Crippen LogP contribution in [0.25, 0.3) is 0 Å². The molecule has 0 nitrogen and oxygen atoms in total. The van der Waals surface area contributed by atoms with Gasteiger partial charge in [-0.15, -0.1) is 13.8 Å². The van der Waals surface area contributed by atoms with E-state index in [9.17, 15) is 0 Å². The van der Waals surface area contributed by atoms with Crippen LogP contribution >= 0.6 is 0 Å². The molecule has 1 heteroatoms. The topological polar surface area (TPSA) is 0 Å². The molecule has 126 valence electrons. The molecule has 0 aromatic rings. The van der Waals surface area contributed by atoms with Crippen LogP contribution in [0.3, 0.4) is 0 Å². The van der Waals surface area contributed by atoms with Crippen LogP contribution < -0.4 is 0 Å². The Hall–Kier alpha value is -0.157. The molecule has 23 heavy (non-hydrogen) atoms. The minimum absolute atomic E-state index is 0. The Bertz CT molecular complexity index is 519. The van der Waals surface area contributed by atoms with Gasteiger partial charge >= 0.3 is 26.2 Å². The Morgan fingerprint density at radius 2 is 0.913 bits per heavy atom. The van der Waals surface area contributed by atoms with Gasteiger partial charge in [-0.1, -0.05) is 79.1 Å². The van der Waals surface area contributed by atoms with E-state index in [-0.39, 0.29) is 37.0 Å². The molecule has 2 atom stereocenters. The van der Waals surface area contributed by atoms with Gasteiger partial charge in [-0.3, -0.25) is 12.2 Å². The Balaban J connectivity index is 0.000000403. The monoisotopic (exact) mass is 388 g/mol. The number of allylic oxidation sites excluding steroid dienone is 8. The summed E-state index contributed by atoms with van der Waals surface area (Å²) in [5.74, 6) is 0. The van der Waals surface area contributed by atoms with Crippen LogP contribution in [0, 0.1) is 23.0 Å². The van der Waals surface area contributed by atoms with E-state index in [1.807, 2.05) is 0 Å². The van der Waals surface area contributed by atoms with Crippen molar-refractivity contribution in [1.82, 2.24) is 0 Å². The second-order valence-corrected chi connectivity index (χ2v) is 7.37. The molecule has 0 fully saturated rings. The van der Waals surface area contributed by atoms with E-state index >= 15 is 0 Å². The Labute approximate surface area is 164 Å². The van der Waals surface area contributed by atoms with Gasteiger partial charge in [-0.05, 0) is 0 Å². The van der Waals surface area contributed by atoms with Crippen molar-refractivity contribution in [3.05, 3.63) is 45.6 Å². The third-order valence-electron chi connectivity index (χ3n) is 6.25. The van der Waals surface area contributed by atoms with Crippen molar-refractivity contribution in [2.45, 2.75) is 82.1 Å². The average molecular weight is 390 g/mol. The molecular weight excluding hydrogens is 355 g/mol. The molecule has 0 spiro atoms. The van der Waals surface area contributed by atoms with Crippen LogP contribution in [-0.4, -0.2) is 0 Å². The molecule has 2 rings (SSSR count). The second-order valence-electron chi connectivity index (χ2n) is 7.37. The zero-order valence-electron chi connectivity index (χ0n) is 16.9. The molecule has 0 aromatic carbocycles. The van der Waals surface area contributed by atoms with Crippen molar-refractivity contribution in [3.63, 3.8) is 0 Å². The van der Waals surface area contributed by atoms with Crippen molar-refractivity contribution in [2.75, 3.05) is 0 Å². The zero-order valence-corrected chi connectivity index (χ0v) is 19.4. The summed E-state index contributed by atoms with van der Waals surface area (Å²) in [6.45, 7) is 22.1. The first-order valence-electron chi connectivity index (χ1n) is 8.62. The minimum atomic E-state index is 0. The van der Waals surface area contributed by atoms with Crippen LogP contribution in [0.5, 0.6) is 0 Å². The van der Waals surface area contributed by atoms with Gasteiger partial charge in [0.2, 0.25) is 0 Å². The van der Waals surface area contributed by atoms with E-state index in [0.29, 0.717) is 0 Å². The zero-order chi connectivity index (χ0) is 17.3. The Morgan fingerprint density at radius 1 is 0.652 bits per heavy atom. The van der Waals surface area contributed by atoms with Crippen molar-refractivity contribution in [2.24, 2.45) is 10.8 Å². The van der Waals surface area contributed by atoms with Gasteiger partial charge in [0.05, 0.1) is 0 Å². The van der Waals surface area contributed by atoms with Gasteiger partial charge in [0.1, 0.15) is 0 Å². The fourth-order valence-corrected chi connectivity index (χ4v) is 3.30. The van der Waals surface area contributed by atoms with Crippen molar-refractivity contribution >= 4 is 0 Å². The molecule has 0 N–H and O–H groups in total. The molecule has 2 aliphatic rings. The first-order chi connectivity index (χ1) is 10.0. The molecule has 0 saturated carbocycles. The predicted octanol–water partition coefficient (Wildman–Crippen LogP) is 7.00. The van der Waals surface area contributed by atoms with Crippen molar-refractivity contribution in [1.29, 1.82) is 0 Å². The summed E-state index contributed by atoms with van der Waals surface area (Å²) >= 11 is 0. The molecule has 0 aliphatic heterocycles. The largest absolute Gasteiger partial charge is 2.00 e.